The van der Waals surface area contributed by atoms with E-state index in [2.05, 4.69) is 50.8 Å². The molecule has 1 aliphatic rings. The highest BCUT2D eigenvalue weighted by molar-refractivity contribution is 7.09. The minimum absolute atomic E-state index is 0.776. The first kappa shape index (κ1) is 14.0. The van der Waals surface area contributed by atoms with Crippen LogP contribution in [0.4, 0.5) is 0 Å². The fourth-order valence-electron chi connectivity index (χ4n) is 3.54. The summed E-state index contributed by atoms with van der Waals surface area (Å²) in [4.78, 5) is 4.11. The molecule has 1 fully saturated rings. The van der Waals surface area contributed by atoms with Gasteiger partial charge in [0.1, 0.15) is 0 Å². The number of hydrogen-bond acceptors (Lipinski definition) is 3. The Morgan fingerprint density at radius 3 is 3.23 bits per heavy atom. The first-order valence-corrected chi connectivity index (χ1v) is 8.91. The number of H-pyrrole nitrogens is 1. The summed E-state index contributed by atoms with van der Waals surface area (Å²) in [5.41, 5.74) is 2.57. The third-order valence-corrected chi connectivity index (χ3v) is 5.45. The predicted molar refractivity (Wildman–Crippen MR) is 92.1 cm³/mol. The summed E-state index contributed by atoms with van der Waals surface area (Å²) in [6.45, 7) is 3.59. The molecule has 4 rings (SSSR count). The van der Waals surface area contributed by atoms with Crippen LogP contribution in [0.5, 0.6) is 0 Å². The number of nitrogens with one attached hydrogen (secondary N) is 1. The van der Waals surface area contributed by atoms with Gasteiger partial charge >= 0.3 is 0 Å². The molecule has 0 aliphatic carbocycles. The third kappa shape index (κ3) is 3.08. The summed E-state index contributed by atoms with van der Waals surface area (Å²) in [5, 5.41) is 10.5. The van der Waals surface area contributed by atoms with Crippen molar-refractivity contribution >= 4 is 22.2 Å². The molecule has 0 saturated carbocycles. The van der Waals surface area contributed by atoms with E-state index in [1.54, 1.807) is 0 Å². The monoisotopic (exact) mass is 311 g/mol. The SMILES string of the molecule is c1csc(CN2CCC[C@H](Cc3ccc4[nH]ncc4c3)C2)c1. The first-order valence-electron chi connectivity index (χ1n) is 8.03. The van der Waals surface area contributed by atoms with Crippen molar-refractivity contribution in [1.82, 2.24) is 15.1 Å². The number of fused-ring (bicyclic) bond motifs is 1. The number of nitrogens with zero attached hydrogens (tertiary/aromatic N) is 2. The summed E-state index contributed by atoms with van der Waals surface area (Å²) in [7, 11) is 0. The van der Waals surface area contributed by atoms with Gasteiger partial charge in [-0.2, -0.15) is 5.10 Å². The summed E-state index contributed by atoms with van der Waals surface area (Å²) in [6, 6.07) is 11.1. The Morgan fingerprint density at radius 2 is 2.32 bits per heavy atom. The largest absolute Gasteiger partial charge is 0.298 e. The molecule has 3 aromatic rings. The fourth-order valence-corrected chi connectivity index (χ4v) is 4.28. The van der Waals surface area contributed by atoms with Crippen LogP contribution in [-0.4, -0.2) is 28.2 Å². The third-order valence-electron chi connectivity index (χ3n) is 4.59. The number of aromatic amines is 1. The topological polar surface area (TPSA) is 31.9 Å². The minimum atomic E-state index is 0.776. The zero-order valence-corrected chi connectivity index (χ0v) is 13.5. The average molecular weight is 311 g/mol. The highest BCUT2D eigenvalue weighted by Crippen LogP contribution is 2.24. The maximum Gasteiger partial charge on any atom is 0.0650 e. The molecular formula is C18H21N3S. The van der Waals surface area contributed by atoms with Crippen LogP contribution >= 0.6 is 11.3 Å². The molecule has 0 radical (unpaired) electrons. The maximum absolute atomic E-state index is 4.11. The Labute approximate surface area is 135 Å². The smallest absolute Gasteiger partial charge is 0.0650 e. The van der Waals surface area contributed by atoms with Crippen molar-refractivity contribution in [2.45, 2.75) is 25.8 Å². The lowest BCUT2D eigenvalue weighted by molar-refractivity contribution is 0.168. The van der Waals surface area contributed by atoms with Gasteiger partial charge in [-0.15, -0.1) is 11.3 Å². The van der Waals surface area contributed by atoms with E-state index in [0.717, 1.165) is 18.0 Å². The summed E-state index contributed by atoms with van der Waals surface area (Å²) < 4.78 is 0. The van der Waals surface area contributed by atoms with Crippen LogP contribution in [0.15, 0.2) is 41.9 Å². The van der Waals surface area contributed by atoms with Crippen molar-refractivity contribution in [3.63, 3.8) is 0 Å². The van der Waals surface area contributed by atoms with Gasteiger partial charge in [-0.1, -0.05) is 12.1 Å². The van der Waals surface area contributed by atoms with Crippen LogP contribution in [-0.2, 0) is 13.0 Å². The molecule has 0 spiro atoms. The van der Waals surface area contributed by atoms with Crippen molar-refractivity contribution in [1.29, 1.82) is 0 Å². The molecule has 0 bridgehead atoms. The normalized spacial score (nSPS) is 19.7. The van der Waals surface area contributed by atoms with E-state index in [1.165, 1.54) is 48.2 Å². The van der Waals surface area contributed by atoms with Crippen molar-refractivity contribution in [3.05, 3.63) is 52.3 Å². The van der Waals surface area contributed by atoms with Crippen molar-refractivity contribution in [2.75, 3.05) is 13.1 Å². The zero-order valence-electron chi connectivity index (χ0n) is 12.7. The second kappa shape index (κ2) is 6.23. The number of likely N-dealkylation sites (tertiary alicyclic amines) is 1. The molecule has 2 aromatic heterocycles. The summed E-state index contributed by atoms with van der Waals surface area (Å²) in [6.07, 6.45) is 5.78. The van der Waals surface area contributed by atoms with Crippen LogP contribution in [0, 0.1) is 5.92 Å². The van der Waals surface area contributed by atoms with E-state index in [1.807, 2.05) is 17.5 Å². The molecule has 1 N–H and O–H groups in total. The molecule has 0 amide bonds. The number of hydrogen-bond donors (Lipinski definition) is 1. The van der Waals surface area contributed by atoms with Crippen molar-refractivity contribution in [3.8, 4) is 0 Å². The van der Waals surface area contributed by atoms with Gasteiger partial charge in [0.25, 0.3) is 0 Å². The molecule has 1 aromatic carbocycles. The number of benzene rings is 1. The zero-order chi connectivity index (χ0) is 14.8. The van der Waals surface area contributed by atoms with E-state index >= 15 is 0 Å². The number of aromatic nitrogens is 2. The minimum Gasteiger partial charge on any atom is -0.298 e. The Balaban J connectivity index is 1.41. The van der Waals surface area contributed by atoms with Crippen LogP contribution in [0.1, 0.15) is 23.3 Å². The maximum atomic E-state index is 4.11. The molecule has 1 saturated heterocycles. The molecule has 4 heteroatoms. The molecule has 1 aliphatic heterocycles. The van der Waals surface area contributed by atoms with E-state index in [4.69, 9.17) is 0 Å². The lowest BCUT2D eigenvalue weighted by Crippen LogP contribution is -2.35. The highest BCUT2D eigenvalue weighted by Gasteiger charge is 2.20. The van der Waals surface area contributed by atoms with Gasteiger partial charge < -0.3 is 0 Å². The van der Waals surface area contributed by atoms with Gasteiger partial charge in [0.2, 0.25) is 0 Å². The van der Waals surface area contributed by atoms with Crippen LogP contribution < -0.4 is 0 Å². The molecule has 114 valence electrons. The second-order valence-corrected chi connectivity index (χ2v) is 7.35. The number of rotatable bonds is 4. The predicted octanol–water partition coefficient (Wildman–Crippen LogP) is 4.08. The Morgan fingerprint density at radius 1 is 1.32 bits per heavy atom. The van der Waals surface area contributed by atoms with Crippen molar-refractivity contribution < 1.29 is 0 Å². The van der Waals surface area contributed by atoms with Crippen LogP contribution in [0.25, 0.3) is 10.9 Å². The fraction of sp³-hybridized carbons (Fsp3) is 0.389. The van der Waals surface area contributed by atoms with Gasteiger partial charge in [0.15, 0.2) is 0 Å². The quantitative estimate of drug-likeness (QED) is 0.787. The lowest BCUT2D eigenvalue weighted by Gasteiger charge is -2.32. The Bertz CT molecular complexity index is 732. The second-order valence-electron chi connectivity index (χ2n) is 6.32. The molecular weight excluding hydrogens is 290 g/mol. The molecule has 3 nitrogen and oxygen atoms in total. The molecule has 3 heterocycles. The molecule has 1 atom stereocenters. The highest BCUT2D eigenvalue weighted by atomic mass is 32.1. The van der Waals surface area contributed by atoms with Crippen LogP contribution in [0.3, 0.4) is 0 Å². The molecule has 22 heavy (non-hydrogen) atoms. The van der Waals surface area contributed by atoms with Crippen molar-refractivity contribution in [2.24, 2.45) is 5.92 Å². The van der Waals surface area contributed by atoms with E-state index < -0.39 is 0 Å². The van der Waals surface area contributed by atoms with E-state index in [9.17, 15) is 0 Å². The number of piperidine rings is 1. The molecule has 0 unspecified atom stereocenters. The Kier molecular flexibility index (Phi) is 3.95. The Hall–Kier alpha value is -1.65. The standard InChI is InChI=1S/C18H21N3S/c1-3-15(12-21(7-1)13-17-4-2-8-22-17)9-14-5-6-18-16(10-14)11-19-20-18/h2,4-6,8,10-11,15H,1,3,7,9,12-13H2,(H,19,20)/t15-/m1/s1. The van der Waals surface area contributed by atoms with Gasteiger partial charge in [0.05, 0.1) is 11.7 Å². The lowest BCUT2D eigenvalue weighted by atomic mass is 9.91. The summed E-state index contributed by atoms with van der Waals surface area (Å²) >= 11 is 1.87. The first-order chi connectivity index (χ1) is 10.9. The van der Waals surface area contributed by atoms with E-state index in [-0.39, 0.29) is 0 Å². The average Bonchev–Trinajstić information content (AvgIpc) is 3.18. The van der Waals surface area contributed by atoms with Gasteiger partial charge in [-0.3, -0.25) is 10.00 Å². The van der Waals surface area contributed by atoms with Crippen LogP contribution in [0.2, 0.25) is 0 Å². The van der Waals surface area contributed by atoms with Gasteiger partial charge in [0, 0.05) is 23.4 Å². The number of thiophene rings is 1. The summed E-state index contributed by atoms with van der Waals surface area (Å²) in [5.74, 6) is 0.776. The van der Waals surface area contributed by atoms with Gasteiger partial charge in [-0.05, 0) is 60.9 Å². The van der Waals surface area contributed by atoms with E-state index in [0.29, 0.717) is 0 Å². The van der Waals surface area contributed by atoms with Gasteiger partial charge in [-0.25, -0.2) is 0 Å².